The Morgan fingerprint density at radius 3 is 2.66 bits per heavy atom. The number of aromatic nitrogens is 1. The Balaban J connectivity index is 1.22. The number of benzene rings is 1. The van der Waals surface area contributed by atoms with Crippen molar-refractivity contribution < 1.29 is 14.3 Å². The molecular formula is C23H29N5O3S. The van der Waals surface area contributed by atoms with Crippen molar-refractivity contribution in [2.75, 3.05) is 56.2 Å². The smallest absolute Gasteiger partial charge is 0.322 e. The number of aryl methyl sites for hydroxylation is 1. The fourth-order valence-electron chi connectivity index (χ4n) is 4.73. The number of morpholine rings is 1. The Bertz CT molecular complexity index is 995. The molecule has 0 aliphatic carbocycles. The van der Waals surface area contributed by atoms with Crippen molar-refractivity contribution in [1.29, 1.82) is 0 Å². The number of nitrogens with one attached hydrogen (secondary N) is 1. The molecule has 3 aliphatic rings. The second-order valence-electron chi connectivity index (χ2n) is 8.56. The molecule has 0 radical (unpaired) electrons. The van der Waals surface area contributed by atoms with Gasteiger partial charge in [0.2, 0.25) is 0 Å². The van der Waals surface area contributed by atoms with Crippen molar-refractivity contribution in [3.05, 3.63) is 40.4 Å². The number of ether oxygens (including phenoxy) is 1. The minimum Gasteiger partial charge on any atom is -0.378 e. The van der Waals surface area contributed by atoms with Crippen LogP contribution in [-0.2, 0) is 11.2 Å². The van der Waals surface area contributed by atoms with E-state index in [1.165, 1.54) is 16.9 Å². The third-order valence-corrected chi connectivity index (χ3v) is 7.80. The number of hydrogen-bond donors (Lipinski definition) is 1. The zero-order valence-electron chi connectivity index (χ0n) is 18.4. The van der Waals surface area contributed by atoms with E-state index in [-0.39, 0.29) is 18.0 Å². The van der Waals surface area contributed by atoms with Crippen LogP contribution < -0.4 is 10.2 Å². The molecule has 32 heavy (non-hydrogen) atoms. The first-order valence-corrected chi connectivity index (χ1v) is 12.2. The number of piperidine rings is 1. The van der Waals surface area contributed by atoms with Gasteiger partial charge in [-0.05, 0) is 37.8 Å². The number of amides is 3. The van der Waals surface area contributed by atoms with Crippen LogP contribution in [0.4, 0.5) is 15.6 Å². The topological polar surface area (TPSA) is 78.0 Å². The molecule has 170 valence electrons. The van der Waals surface area contributed by atoms with Crippen LogP contribution in [0.5, 0.6) is 0 Å². The molecule has 2 fully saturated rings. The standard InChI is InChI=1S/C23H29N5O3S/c1-16-20(21(29)26-12-14-31-15-13-26)32-23(24-16)27-9-7-18(8-10-27)28-11-6-17-4-2-3-5-19(17)25-22(28)30/h2-5,18H,6-15H2,1H3,(H,25,30). The normalized spacial score (nSPS) is 20.0. The van der Waals surface area contributed by atoms with Gasteiger partial charge < -0.3 is 24.8 Å². The highest BCUT2D eigenvalue weighted by Gasteiger charge is 2.31. The summed E-state index contributed by atoms with van der Waals surface area (Å²) in [6.45, 7) is 6.79. The van der Waals surface area contributed by atoms with E-state index in [9.17, 15) is 9.59 Å². The maximum Gasteiger partial charge on any atom is 0.322 e. The zero-order valence-corrected chi connectivity index (χ0v) is 19.2. The predicted octanol–water partition coefficient (Wildman–Crippen LogP) is 2.98. The highest BCUT2D eigenvalue weighted by atomic mass is 32.1. The van der Waals surface area contributed by atoms with Gasteiger partial charge in [-0.1, -0.05) is 29.5 Å². The predicted molar refractivity (Wildman–Crippen MR) is 125 cm³/mol. The van der Waals surface area contributed by atoms with E-state index in [2.05, 4.69) is 16.3 Å². The summed E-state index contributed by atoms with van der Waals surface area (Å²) >= 11 is 1.49. The molecule has 0 atom stereocenters. The van der Waals surface area contributed by atoms with Crippen molar-refractivity contribution >= 4 is 34.1 Å². The first-order valence-electron chi connectivity index (χ1n) is 11.3. The number of para-hydroxylation sites is 1. The number of thiazole rings is 1. The lowest BCUT2D eigenvalue weighted by Crippen LogP contribution is -2.48. The van der Waals surface area contributed by atoms with Crippen LogP contribution in [0.1, 0.15) is 33.8 Å². The lowest BCUT2D eigenvalue weighted by molar-refractivity contribution is 0.0305. The average molecular weight is 456 g/mol. The molecule has 0 bridgehead atoms. The van der Waals surface area contributed by atoms with Gasteiger partial charge in [0.15, 0.2) is 5.13 Å². The fourth-order valence-corrected chi connectivity index (χ4v) is 5.82. The number of carbonyl (C=O) groups excluding carboxylic acids is 2. The first kappa shape index (κ1) is 21.2. The summed E-state index contributed by atoms with van der Waals surface area (Å²) in [4.78, 5) is 37.3. The van der Waals surface area contributed by atoms with E-state index in [0.717, 1.165) is 60.3 Å². The van der Waals surface area contributed by atoms with E-state index < -0.39 is 0 Å². The van der Waals surface area contributed by atoms with Crippen LogP contribution in [-0.4, -0.2) is 78.7 Å². The van der Waals surface area contributed by atoms with Gasteiger partial charge in [-0.15, -0.1) is 0 Å². The van der Waals surface area contributed by atoms with Gasteiger partial charge >= 0.3 is 6.03 Å². The molecule has 0 unspecified atom stereocenters. The van der Waals surface area contributed by atoms with Crippen LogP contribution in [0.3, 0.4) is 0 Å². The molecule has 2 aromatic rings. The van der Waals surface area contributed by atoms with Gasteiger partial charge in [0, 0.05) is 44.5 Å². The number of nitrogens with zero attached hydrogens (tertiary/aromatic N) is 4. The lowest BCUT2D eigenvalue weighted by atomic mass is 10.0. The molecule has 3 amide bonds. The van der Waals surface area contributed by atoms with Crippen molar-refractivity contribution in [3.8, 4) is 0 Å². The monoisotopic (exact) mass is 455 g/mol. The number of hydrogen-bond acceptors (Lipinski definition) is 6. The number of anilines is 2. The minimum atomic E-state index is -0.00288. The Kier molecular flexibility index (Phi) is 6.01. The highest BCUT2D eigenvalue weighted by Crippen LogP contribution is 2.31. The quantitative estimate of drug-likeness (QED) is 0.770. The molecule has 3 aliphatic heterocycles. The summed E-state index contributed by atoms with van der Waals surface area (Å²) in [6, 6.07) is 8.25. The van der Waals surface area contributed by atoms with Crippen molar-refractivity contribution in [2.45, 2.75) is 32.2 Å². The summed E-state index contributed by atoms with van der Waals surface area (Å²) < 4.78 is 5.36. The van der Waals surface area contributed by atoms with E-state index >= 15 is 0 Å². The Labute approximate surface area is 192 Å². The SMILES string of the molecule is Cc1nc(N2CCC(N3CCc4ccccc4NC3=O)CC2)sc1C(=O)N1CCOCC1. The molecule has 8 nitrogen and oxygen atoms in total. The third-order valence-electron chi connectivity index (χ3n) is 6.60. The fraction of sp³-hybridized carbons (Fsp3) is 0.522. The molecular weight excluding hydrogens is 426 g/mol. The zero-order chi connectivity index (χ0) is 22.1. The van der Waals surface area contributed by atoms with Gasteiger partial charge in [0.1, 0.15) is 4.88 Å². The van der Waals surface area contributed by atoms with Gasteiger partial charge in [-0.25, -0.2) is 9.78 Å². The van der Waals surface area contributed by atoms with E-state index in [4.69, 9.17) is 9.72 Å². The number of urea groups is 1. The first-order chi connectivity index (χ1) is 15.6. The molecule has 1 N–H and O–H groups in total. The maximum atomic E-state index is 12.9. The molecule has 0 spiro atoms. The highest BCUT2D eigenvalue weighted by molar-refractivity contribution is 7.17. The van der Waals surface area contributed by atoms with Crippen molar-refractivity contribution in [3.63, 3.8) is 0 Å². The Morgan fingerprint density at radius 1 is 1.12 bits per heavy atom. The molecule has 9 heteroatoms. The Morgan fingerprint density at radius 2 is 1.88 bits per heavy atom. The van der Waals surface area contributed by atoms with Crippen LogP contribution in [0.25, 0.3) is 0 Å². The molecule has 2 saturated heterocycles. The minimum absolute atomic E-state index is 0.00288. The summed E-state index contributed by atoms with van der Waals surface area (Å²) in [7, 11) is 0. The molecule has 4 heterocycles. The van der Waals surface area contributed by atoms with Crippen molar-refractivity contribution in [2.24, 2.45) is 0 Å². The van der Waals surface area contributed by atoms with Gasteiger partial charge in [-0.2, -0.15) is 0 Å². The summed E-state index contributed by atoms with van der Waals surface area (Å²) in [5.74, 6) is 0.0604. The summed E-state index contributed by atoms with van der Waals surface area (Å²) in [6.07, 6.45) is 2.66. The second-order valence-corrected chi connectivity index (χ2v) is 9.54. The molecule has 0 saturated carbocycles. The average Bonchev–Trinajstić information content (AvgIpc) is 3.13. The van der Waals surface area contributed by atoms with Gasteiger partial charge in [0.05, 0.1) is 18.9 Å². The van der Waals surface area contributed by atoms with Crippen LogP contribution in [0.15, 0.2) is 24.3 Å². The molecule has 5 rings (SSSR count). The van der Waals surface area contributed by atoms with Crippen LogP contribution >= 0.6 is 11.3 Å². The number of carbonyl (C=O) groups is 2. The third kappa shape index (κ3) is 4.19. The second kappa shape index (κ2) is 9.07. The van der Waals surface area contributed by atoms with Gasteiger partial charge in [-0.3, -0.25) is 4.79 Å². The number of fused-ring (bicyclic) bond motifs is 1. The van der Waals surface area contributed by atoms with Crippen molar-refractivity contribution in [1.82, 2.24) is 14.8 Å². The summed E-state index contributed by atoms with van der Waals surface area (Å²) in [5, 5.41) is 3.99. The number of rotatable bonds is 3. The van der Waals surface area contributed by atoms with E-state index in [1.807, 2.05) is 34.9 Å². The molecule has 1 aromatic heterocycles. The van der Waals surface area contributed by atoms with Crippen LogP contribution in [0.2, 0.25) is 0 Å². The van der Waals surface area contributed by atoms with Gasteiger partial charge in [0.25, 0.3) is 5.91 Å². The largest absolute Gasteiger partial charge is 0.378 e. The van der Waals surface area contributed by atoms with Crippen LogP contribution in [0, 0.1) is 6.92 Å². The van der Waals surface area contributed by atoms with E-state index in [0.29, 0.717) is 26.3 Å². The Hall–Kier alpha value is -2.65. The lowest BCUT2D eigenvalue weighted by Gasteiger charge is -2.37. The summed E-state index contributed by atoms with van der Waals surface area (Å²) in [5.41, 5.74) is 2.91. The van der Waals surface area contributed by atoms with E-state index in [1.54, 1.807) is 0 Å². The maximum absolute atomic E-state index is 12.9. The molecule has 1 aromatic carbocycles.